The van der Waals surface area contributed by atoms with Crippen molar-refractivity contribution in [3.63, 3.8) is 0 Å². The van der Waals surface area contributed by atoms with Gasteiger partial charge >= 0.3 is 0 Å². The Hall–Kier alpha value is -1.26. The number of aryl methyl sites for hydroxylation is 1. The number of aromatic nitrogens is 1. The van der Waals surface area contributed by atoms with Gasteiger partial charge in [0.1, 0.15) is 6.10 Å². The van der Waals surface area contributed by atoms with Gasteiger partial charge in [-0.25, -0.2) is 0 Å². The first-order valence-corrected chi connectivity index (χ1v) is 9.52. The third-order valence-electron chi connectivity index (χ3n) is 5.35. The molecule has 0 radical (unpaired) electrons. The van der Waals surface area contributed by atoms with Crippen molar-refractivity contribution >= 4 is 5.78 Å². The van der Waals surface area contributed by atoms with Gasteiger partial charge in [0.05, 0.1) is 0 Å². The normalized spacial score (nSPS) is 23.3. The molecule has 1 aromatic rings. The van der Waals surface area contributed by atoms with E-state index in [0.717, 1.165) is 57.6 Å². The molecule has 2 saturated heterocycles. The summed E-state index contributed by atoms with van der Waals surface area (Å²) in [5.41, 5.74) is 2.36. The third kappa shape index (κ3) is 4.87. The molecule has 4 heteroatoms. The van der Waals surface area contributed by atoms with Crippen LogP contribution in [0.3, 0.4) is 0 Å². The predicted molar refractivity (Wildman–Crippen MR) is 95.2 cm³/mol. The fourth-order valence-electron chi connectivity index (χ4n) is 3.88. The molecular formula is C20H30N2O2. The molecule has 2 aliphatic heterocycles. The van der Waals surface area contributed by atoms with Crippen molar-refractivity contribution in [2.24, 2.45) is 0 Å². The molecule has 4 nitrogen and oxygen atoms in total. The smallest absolute Gasteiger partial charge is 0.161 e. The first-order chi connectivity index (χ1) is 11.7. The Labute approximate surface area is 145 Å². The van der Waals surface area contributed by atoms with E-state index in [0.29, 0.717) is 18.1 Å². The number of hydrogen-bond donors (Lipinski definition) is 0. The number of carbonyl (C=O) groups is 1. The Morgan fingerprint density at radius 2 is 2.08 bits per heavy atom. The van der Waals surface area contributed by atoms with Crippen LogP contribution < -0.4 is 0 Å². The lowest BCUT2D eigenvalue weighted by molar-refractivity contribution is -0.133. The number of carbonyl (C=O) groups excluding carboxylic acids is 1. The Bertz CT molecular complexity index is 532. The van der Waals surface area contributed by atoms with E-state index in [9.17, 15) is 4.79 Å². The van der Waals surface area contributed by atoms with Crippen LogP contribution in [0.5, 0.6) is 0 Å². The summed E-state index contributed by atoms with van der Waals surface area (Å²) in [6.45, 7) is 6.10. The number of pyridine rings is 1. The highest BCUT2D eigenvalue weighted by atomic mass is 16.5. The van der Waals surface area contributed by atoms with E-state index in [4.69, 9.17) is 4.74 Å². The van der Waals surface area contributed by atoms with Crippen molar-refractivity contribution in [3.8, 4) is 0 Å². The topological polar surface area (TPSA) is 42.4 Å². The lowest BCUT2D eigenvalue weighted by atomic mass is 9.92. The first-order valence-electron chi connectivity index (χ1n) is 9.52. The lowest BCUT2D eigenvalue weighted by Crippen LogP contribution is -2.34. The van der Waals surface area contributed by atoms with Gasteiger partial charge in [-0.05, 0) is 77.2 Å². The monoisotopic (exact) mass is 330 g/mol. The molecule has 3 heterocycles. The molecular weight excluding hydrogens is 300 g/mol. The molecule has 1 unspecified atom stereocenters. The van der Waals surface area contributed by atoms with E-state index in [2.05, 4.69) is 35.0 Å². The highest BCUT2D eigenvalue weighted by molar-refractivity contribution is 5.83. The molecule has 0 bridgehead atoms. The zero-order chi connectivity index (χ0) is 16.8. The van der Waals surface area contributed by atoms with Crippen LogP contribution >= 0.6 is 0 Å². The third-order valence-corrected chi connectivity index (χ3v) is 5.35. The lowest BCUT2D eigenvalue weighted by Gasteiger charge is -2.31. The van der Waals surface area contributed by atoms with E-state index in [-0.39, 0.29) is 6.10 Å². The summed E-state index contributed by atoms with van der Waals surface area (Å²) < 4.78 is 5.58. The minimum atomic E-state index is -0.114. The number of likely N-dealkylation sites (tertiary alicyclic amines) is 1. The number of Topliss-reactive ketones (excluding diaryl/α,β-unsaturated/α-hetero) is 1. The summed E-state index contributed by atoms with van der Waals surface area (Å²) in [5.74, 6) is 0.909. The number of rotatable bonds is 6. The van der Waals surface area contributed by atoms with Crippen LogP contribution in [0.2, 0.25) is 0 Å². The number of hydrogen-bond acceptors (Lipinski definition) is 4. The zero-order valence-electron chi connectivity index (χ0n) is 14.9. The van der Waals surface area contributed by atoms with Gasteiger partial charge in [-0.1, -0.05) is 6.07 Å². The summed E-state index contributed by atoms with van der Waals surface area (Å²) >= 11 is 0. The molecule has 0 N–H and O–H groups in total. The maximum atomic E-state index is 12.2. The number of piperidine rings is 1. The summed E-state index contributed by atoms with van der Waals surface area (Å²) in [6, 6.07) is 6.34. The molecule has 1 atom stereocenters. The Morgan fingerprint density at radius 1 is 1.25 bits per heavy atom. The highest BCUT2D eigenvalue weighted by Gasteiger charge is 2.23. The summed E-state index contributed by atoms with van der Waals surface area (Å²) in [7, 11) is 0. The Kier molecular flexibility index (Phi) is 6.38. The molecule has 132 valence electrons. The predicted octanol–water partition coefficient (Wildman–Crippen LogP) is 3.49. The highest BCUT2D eigenvalue weighted by Crippen LogP contribution is 2.27. The molecule has 3 rings (SSSR count). The van der Waals surface area contributed by atoms with Crippen LogP contribution in [-0.2, 0) is 9.53 Å². The van der Waals surface area contributed by atoms with E-state index in [1.54, 1.807) is 0 Å². The van der Waals surface area contributed by atoms with Crippen LogP contribution in [-0.4, -0.2) is 48.0 Å². The molecule has 0 aliphatic carbocycles. The molecule has 0 saturated carbocycles. The average Bonchev–Trinajstić information content (AvgIpc) is 2.63. The van der Waals surface area contributed by atoms with E-state index in [1.807, 2.05) is 0 Å². The average molecular weight is 330 g/mol. The molecule has 24 heavy (non-hydrogen) atoms. The van der Waals surface area contributed by atoms with Crippen molar-refractivity contribution < 1.29 is 9.53 Å². The fourth-order valence-corrected chi connectivity index (χ4v) is 3.88. The van der Waals surface area contributed by atoms with Crippen LogP contribution in [0.15, 0.2) is 18.2 Å². The number of ketones is 1. The largest absolute Gasteiger partial charge is 0.370 e. The standard InChI is InChI=1S/C20H30N2O2/c1-16-6-4-7-18(21-16)17-10-13-22(14-11-17)12-5-8-19(23)20-9-2-3-15-24-20/h4,6-7,17,20H,2-3,5,8-15H2,1H3. The van der Waals surface area contributed by atoms with Crippen LogP contribution in [0.1, 0.15) is 62.3 Å². The van der Waals surface area contributed by atoms with Gasteiger partial charge in [0.2, 0.25) is 0 Å². The van der Waals surface area contributed by atoms with Gasteiger partial charge in [0, 0.05) is 30.3 Å². The van der Waals surface area contributed by atoms with Gasteiger partial charge in [-0.15, -0.1) is 0 Å². The van der Waals surface area contributed by atoms with E-state index < -0.39 is 0 Å². The van der Waals surface area contributed by atoms with Crippen LogP contribution in [0, 0.1) is 6.92 Å². The molecule has 0 amide bonds. The molecule has 2 fully saturated rings. The minimum Gasteiger partial charge on any atom is -0.370 e. The van der Waals surface area contributed by atoms with Gasteiger partial charge in [-0.3, -0.25) is 9.78 Å². The molecule has 2 aliphatic rings. The Balaban J connectivity index is 1.36. The second kappa shape index (κ2) is 8.72. The summed E-state index contributed by atoms with van der Waals surface area (Å²) in [4.78, 5) is 19.3. The summed E-state index contributed by atoms with van der Waals surface area (Å²) in [6.07, 6.45) is 7.04. The fraction of sp³-hybridized carbons (Fsp3) is 0.700. The molecule has 0 aromatic carbocycles. The molecule has 1 aromatic heterocycles. The maximum Gasteiger partial charge on any atom is 0.161 e. The molecule has 0 spiro atoms. The maximum absolute atomic E-state index is 12.2. The van der Waals surface area contributed by atoms with Crippen molar-refractivity contribution in [1.82, 2.24) is 9.88 Å². The SMILES string of the molecule is Cc1cccc(C2CCN(CCCC(=O)C3CCCCO3)CC2)n1. The van der Waals surface area contributed by atoms with Crippen molar-refractivity contribution in [2.75, 3.05) is 26.2 Å². The van der Waals surface area contributed by atoms with Gasteiger partial charge in [0.15, 0.2) is 5.78 Å². The van der Waals surface area contributed by atoms with Gasteiger partial charge < -0.3 is 9.64 Å². The first kappa shape index (κ1) is 17.6. The summed E-state index contributed by atoms with van der Waals surface area (Å²) in [5, 5.41) is 0. The van der Waals surface area contributed by atoms with Crippen molar-refractivity contribution in [3.05, 3.63) is 29.6 Å². The van der Waals surface area contributed by atoms with Crippen molar-refractivity contribution in [1.29, 1.82) is 0 Å². The van der Waals surface area contributed by atoms with E-state index in [1.165, 1.54) is 18.5 Å². The zero-order valence-corrected chi connectivity index (χ0v) is 14.9. The number of nitrogens with zero attached hydrogens (tertiary/aromatic N) is 2. The number of ether oxygens (including phenoxy) is 1. The quantitative estimate of drug-likeness (QED) is 0.801. The van der Waals surface area contributed by atoms with E-state index >= 15 is 0 Å². The van der Waals surface area contributed by atoms with Gasteiger partial charge in [-0.2, -0.15) is 0 Å². The van der Waals surface area contributed by atoms with Crippen LogP contribution in [0.4, 0.5) is 0 Å². The second-order valence-corrected chi connectivity index (χ2v) is 7.24. The second-order valence-electron chi connectivity index (χ2n) is 7.24. The van der Waals surface area contributed by atoms with Gasteiger partial charge in [0.25, 0.3) is 0 Å². The van der Waals surface area contributed by atoms with Crippen molar-refractivity contribution in [2.45, 2.75) is 63.9 Å². The minimum absolute atomic E-state index is 0.114. The Morgan fingerprint density at radius 3 is 2.79 bits per heavy atom. The van der Waals surface area contributed by atoms with Crippen LogP contribution in [0.25, 0.3) is 0 Å².